The minimum Gasteiger partial charge on any atom is -0.478 e. The van der Waals surface area contributed by atoms with Gasteiger partial charge in [-0.2, -0.15) is 5.10 Å². The highest BCUT2D eigenvalue weighted by Crippen LogP contribution is 2.20. The third-order valence-electron chi connectivity index (χ3n) is 4.16. The molecule has 1 aromatic rings. The number of aromatic nitrogens is 2. The van der Waals surface area contributed by atoms with Crippen LogP contribution < -0.4 is 4.74 Å². The Labute approximate surface area is 147 Å². The molecule has 0 aliphatic carbocycles. The molecule has 8 heteroatoms. The van der Waals surface area contributed by atoms with E-state index in [1.54, 1.807) is 20.5 Å². The molecule has 0 spiro atoms. The van der Waals surface area contributed by atoms with Crippen molar-refractivity contribution in [3.05, 3.63) is 11.8 Å². The molecule has 25 heavy (non-hydrogen) atoms. The minimum absolute atomic E-state index is 0.114. The molecule has 1 saturated heterocycles. The molecule has 138 valence electrons. The first-order chi connectivity index (χ1) is 11.8. The van der Waals surface area contributed by atoms with Crippen molar-refractivity contribution in [2.24, 2.45) is 0 Å². The van der Waals surface area contributed by atoms with E-state index in [0.717, 1.165) is 19.4 Å². The van der Waals surface area contributed by atoms with E-state index in [-0.39, 0.29) is 12.0 Å². The van der Waals surface area contributed by atoms with Crippen LogP contribution in [0.25, 0.3) is 0 Å². The number of aryl methyl sites for hydroxylation is 1. The second-order valence-electron chi connectivity index (χ2n) is 7.41. The normalized spacial score (nSPS) is 18.2. The molecule has 0 aromatic carbocycles. The molecule has 8 nitrogen and oxygen atoms in total. The van der Waals surface area contributed by atoms with Gasteiger partial charge in [-0.1, -0.05) is 0 Å². The molecule has 2 aliphatic heterocycles. The third kappa shape index (κ3) is 4.24. The molecule has 1 fully saturated rings. The lowest BCUT2D eigenvalue weighted by Crippen LogP contribution is -2.40. The number of amides is 2. The Kier molecular flexibility index (Phi) is 4.87. The summed E-state index contributed by atoms with van der Waals surface area (Å²) in [5.41, 5.74) is -0.114. The van der Waals surface area contributed by atoms with Gasteiger partial charge in [0.1, 0.15) is 5.60 Å². The number of carbonyl (C=O) groups excluding carboxylic acids is 2. The van der Waals surface area contributed by atoms with Gasteiger partial charge in [-0.15, -0.1) is 0 Å². The van der Waals surface area contributed by atoms with Crippen LogP contribution in [0.5, 0.6) is 5.88 Å². The Bertz CT molecular complexity index is 626. The highest BCUT2D eigenvalue weighted by Gasteiger charge is 2.28. The van der Waals surface area contributed by atoms with Gasteiger partial charge in [0.2, 0.25) is 5.88 Å². The fourth-order valence-electron chi connectivity index (χ4n) is 2.96. The van der Waals surface area contributed by atoms with Crippen molar-refractivity contribution in [1.29, 1.82) is 0 Å². The first-order valence-electron chi connectivity index (χ1n) is 8.81. The number of carbonyl (C=O) groups is 2. The lowest BCUT2D eigenvalue weighted by atomic mass is 10.2. The summed E-state index contributed by atoms with van der Waals surface area (Å²) >= 11 is 0. The smallest absolute Gasteiger partial charge is 0.410 e. The molecular weight excluding hydrogens is 324 g/mol. The predicted molar refractivity (Wildman–Crippen MR) is 90.7 cm³/mol. The maximum Gasteiger partial charge on any atom is 0.410 e. The van der Waals surface area contributed by atoms with Crippen molar-refractivity contribution in [3.63, 3.8) is 0 Å². The van der Waals surface area contributed by atoms with Gasteiger partial charge in [0.05, 0.1) is 6.61 Å². The molecule has 3 heterocycles. The van der Waals surface area contributed by atoms with Crippen molar-refractivity contribution in [1.82, 2.24) is 19.6 Å². The van der Waals surface area contributed by atoms with E-state index in [4.69, 9.17) is 9.47 Å². The van der Waals surface area contributed by atoms with Crippen LogP contribution in [-0.4, -0.2) is 70.0 Å². The zero-order valence-corrected chi connectivity index (χ0v) is 15.2. The van der Waals surface area contributed by atoms with E-state index in [2.05, 4.69) is 5.10 Å². The summed E-state index contributed by atoms with van der Waals surface area (Å²) in [7, 11) is 0. The van der Waals surface area contributed by atoms with Crippen LogP contribution in [0.1, 0.15) is 44.1 Å². The van der Waals surface area contributed by atoms with Crippen molar-refractivity contribution in [2.75, 3.05) is 32.8 Å². The summed E-state index contributed by atoms with van der Waals surface area (Å²) in [4.78, 5) is 28.4. The molecule has 3 rings (SSSR count). The SMILES string of the molecule is CC(C)(C)OC(=O)N1CCCN(C(=O)c2cc3n(n2)CCCO3)CC1. The lowest BCUT2D eigenvalue weighted by molar-refractivity contribution is 0.0255. The van der Waals surface area contributed by atoms with Gasteiger partial charge in [0.25, 0.3) is 5.91 Å². The summed E-state index contributed by atoms with van der Waals surface area (Å²) in [6.45, 7) is 9.10. The predicted octanol–water partition coefficient (Wildman–Crippen LogP) is 1.75. The zero-order valence-electron chi connectivity index (χ0n) is 15.2. The Balaban J connectivity index is 1.61. The maximum atomic E-state index is 12.7. The number of fused-ring (bicyclic) bond motifs is 1. The van der Waals surface area contributed by atoms with Crippen LogP contribution in [-0.2, 0) is 11.3 Å². The first-order valence-corrected chi connectivity index (χ1v) is 8.81. The summed E-state index contributed by atoms with van der Waals surface area (Å²) in [6, 6.07) is 1.71. The largest absolute Gasteiger partial charge is 0.478 e. The molecule has 0 bridgehead atoms. The van der Waals surface area contributed by atoms with Gasteiger partial charge >= 0.3 is 6.09 Å². The number of ether oxygens (including phenoxy) is 2. The fourth-order valence-corrected chi connectivity index (χ4v) is 2.96. The Morgan fingerprint density at radius 2 is 1.80 bits per heavy atom. The molecule has 1 aromatic heterocycles. The van der Waals surface area contributed by atoms with Gasteiger partial charge < -0.3 is 19.3 Å². The Morgan fingerprint density at radius 3 is 2.52 bits per heavy atom. The lowest BCUT2D eigenvalue weighted by Gasteiger charge is -2.26. The number of rotatable bonds is 1. The zero-order chi connectivity index (χ0) is 18.0. The van der Waals surface area contributed by atoms with Gasteiger partial charge in [0.15, 0.2) is 5.69 Å². The van der Waals surface area contributed by atoms with Crippen LogP contribution in [0.15, 0.2) is 6.07 Å². The Morgan fingerprint density at radius 1 is 1.08 bits per heavy atom. The molecule has 0 unspecified atom stereocenters. The monoisotopic (exact) mass is 350 g/mol. The maximum absolute atomic E-state index is 12.7. The molecule has 0 radical (unpaired) electrons. The van der Waals surface area contributed by atoms with E-state index < -0.39 is 5.60 Å². The van der Waals surface area contributed by atoms with E-state index in [1.165, 1.54) is 0 Å². The topological polar surface area (TPSA) is 76.9 Å². The molecule has 0 saturated carbocycles. The quantitative estimate of drug-likeness (QED) is 0.771. The van der Waals surface area contributed by atoms with E-state index >= 15 is 0 Å². The van der Waals surface area contributed by atoms with Crippen LogP contribution >= 0.6 is 0 Å². The number of hydrogen-bond acceptors (Lipinski definition) is 5. The van der Waals surface area contributed by atoms with Crippen molar-refractivity contribution in [3.8, 4) is 5.88 Å². The minimum atomic E-state index is -0.519. The van der Waals surface area contributed by atoms with Crippen LogP contribution in [0, 0.1) is 0 Å². The Hall–Kier alpha value is -2.25. The average Bonchev–Trinajstić information content (AvgIpc) is 2.81. The van der Waals surface area contributed by atoms with Crippen LogP contribution in [0.4, 0.5) is 4.79 Å². The standard InChI is InChI=1S/C17H26N4O4/c1-17(2,3)25-16(23)20-7-4-6-19(9-10-20)15(22)13-12-14-21(18-13)8-5-11-24-14/h12H,4-11H2,1-3H3. The second kappa shape index (κ2) is 6.93. The van der Waals surface area contributed by atoms with Gasteiger partial charge in [-0.3, -0.25) is 4.79 Å². The highest BCUT2D eigenvalue weighted by molar-refractivity contribution is 5.92. The molecule has 2 amide bonds. The van der Waals surface area contributed by atoms with Crippen LogP contribution in [0.3, 0.4) is 0 Å². The average molecular weight is 350 g/mol. The first kappa shape index (κ1) is 17.6. The second-order valence-corrected chi connectivity index (χ2v) is 7.41. The van der Waals surface area contributed by atoms with E-state index in [1.807, 2.05) is 20.8 Å². The van der Waals surface area contributed by atoms with Crippen molar-refractivity contribution < 1.29 is 19.1 Å². The van der Waals surface area contributed by atoms with Crippen LogP contribution in [0.2, 0.25) is 0 Å². The van der Waals surface area contributed by atoms with Gasteiger partial charge in [-0.25, -0.2) is 9.48 Å². The summed E-state index contributed by atoms with van der Waals surface area (Å²) < 4.78 is 12.7. The molecule has 2 aliphatic rings. The van der Waals surface area contributed by atoms with Crippen molar-refractivity contribution in [2.45, 2.75) is 45.8 Å². The summed E-state index contributed by atoms with van der Waals surface area (Å²) in [5.74, 6) is 0.538. The summed E-state index contributed by atoms with van der Waals surface area (Å²) in [5, 5.41) is 4.35. The summed E-state index contributed by atoms with van der Waals surface area (Å²) in [6.07, 6.45) is 1.29. The number of hydrogen-bond donors (Lipinski definition) is 0. The fraction of sp³-hybridized carbons (Fsp3) is 0.706. The van der Waals surface area contributed by atoms with E-state index in [9.17, 15) is 9.59 Å². The number of nitrogens with zero attached hydrogens (tertiary/aromatic N) is 4. The molecular formula is C17H26N4O4. The van der Waals surface area contributed by atoms with Gasteiger partial charge in [0, 0.05) is 45.2 Å². The highest BCUT2D eigenvalue weighted by atomic mass is 16.6. The van der Waals surface area contributed by atoms with Crippen molar-refractivity contribution >= 4 is 12.0 Å². The third-order valence-corrected chi connectivity index (χ3v) is 4.16. The van der Waals surface area contributed by atoms with E-state index in [0.29, 0.717) is 44.4 Å². The molecule has 0 atom stereocenters. The molecule has 0 N–H and O–H groups in total. The van der Waals surface area contributed by atoms with Gasteiger partial charge in [-0.05, 0) is 27.2 Å².